The summed E-state index contributed by atoms with van der Waals surface area (Å²) in [6.07, 6.45) is 0. The summed E-state index contributed by atoms with van der Waals surface area (Å²) in [7, 11) is 1.50. The molecule has 0 fully saturated rings. The molecule has 0 amide bonds. The Morgan fingerprint density at radius 2 is 1.97 bits per heavy atom. The molecule has 5 rings (SSSR count). The Morgan fingerprint density at radius 1 is 1.12 bits per heavy atom. The molecule has 2 aromatic heterocycles. The number of ether oxygens (including phenoxy) is 1. The number of benzene rings is 3. The molecule has 0 radical (unpaired) electrons. The van der Waals surface area contributed by atoms with Gasteiger partial charge in [-0.05, 0) is 55.0 Å². The molecule has 5 aromatic rings. The first-order valence-electron chi connectivity index (χ1n) is 9.88. The smallest absolute Gasteiger partial charge is 0.222 e. The number of rotatable bonds is 4. The normalized spacial score (nSPS) is 11.9. The van der Waals surface area contributed by atoms with Crippen LogP contribution in [0.1, 0.15) is 5.56 Å². The van der Waals surface area contributed by atoms with Gasteiger partial charge in [0.15, 0.2) is 11.5 Å². The summed E-state index contributed by atoms with van der Waals surface area (Å²) >= 11 is 6.38. The van der Waals surface area contributed by atoms with E-state index < -0.39 is 0 Å². The average molecular weight is 447 g/mol. The number of nitrogens with one attached hydrogen (secondary N) is 2. The van der Waals surface area contributed by atoms with Gasteiger partial charge in [-0.2, -0.15) is 5.10 Å². The van der Waals surface area contributed by atoms with Gasteiger partial charge < -0.3 is 19.2 Å². The fourth-order valence-corrected chi connectivity index (χ4v) is 3.64. The fraction of sp³-hybridized carbons (Fsp3) is 0.0833. The highest BCUT2D eigenvalue weighted by Gasteiger charge is 2.11. The molecule has 0 unspecified atom stereocenters. The Morgan fingerprint density at radius 3 is 2.78 bits per heavy atom. The van der Waals surface area contributed by atoms with Crippen molar-refractivity contribution in [1.82, 2.24) is 9.97 Å². The van der Waals surface area contributed by atoms with Crippen molar-refractivity contribution in [1.29, 1.82) is 0 Å². The summed E-state index contributed by atoms with van der Waals surface area (Å²) in [5.74, 6) is 1.48. The third kappa shape index (κ3) is 3.63. The van der Waals surface area contributed by atoms with Crippen molar-refractivity contribution in [2.24, 2.45) is 5.10 Å². The number of aromatic nitrogens is 2. The third-order valence-electron chi connectivity index (χ3n) is 5.16. The minimum Gasteiger partial charge on any atom is -0.504 e. The van der Waals surface area contributed by atoms with Gasteiger partial charge in [0.25, 0.3) is 0 Å². The van der Waals surface area contributed by atoms with Gasteiger partial charge in [-0.15, -0.1) is 0 Å². The molecule has 0 saturated carbocycles. The van der Waals surface area contributed by atoms with Gasteiger partial charge in [-0.3, -0.25) is 0 Å². The van der Waals surface area contributed by atoms with Gasteiger partial charge in [0, 0.05) is 22.0 Å². The molecule has 0 atom stereocenters. The number of anilines is 1. The summed E-state index contributed by atoms with van der Waals surface area (Å²) < 4.78 is 11.4. The van der Waals surface area contributed by atoms with Crippen LogP contribution in [0.15, 0.2) is 70.2 Å². The highest BCUT2D eigenvalue weighted by molar-refractivity contribution is 6.32. The van der Waals surface area contributed by atoms with E-state index >= 15 is 0 Å². The van der Waals surface area contributed by atoms with Gasteiger partial charge in [0.1, 0.15) is 11.3 Å². The van der Waals surface area contributed by atoms with Crippen LogP contribution >= 0.6 is 11.6 Å². The summed E-state index contributed by atoms with van der Waals surface area (Å²) in [4.78, 5) is 7.69. The minimum atomic E-state index is 0.0520. The van der Waals surface area contributed by atoms with Crippen molar-refractivity contribution < 1.29 is 14.3 Å². The summed E-state index contributed by atoms with van der Waals surface area (Å²) in [5.41, 5.74) is 6.99. The van der Waals surface area contributed by atoms with Crippen LogP contribution in [0.25, 0.3) is 33.3 Å². The lowest BCUT2D eigenvalue weighted by Crippen LogP contribution is -2.08. The average Bonchev–Trinajstić information content (AvgIpc) is 3.21. The number of para-hydroxylation sites is 2. The van der Waals surface area contributed by atoms with Crippen LogP contribution in [0.4, 0.5) is 5.95 Å². The van der Waals surface area contributed by atoms with E-state index in [-0.39, 0.29) is 5.75 Å². The summed E-state index contributed by atoms with van der Waals surface area (Å²) in [5, 5.41) is 16.5. The zero-order valence-electron chi connectivity index (χ0n) is 17.3. The van der Waals surface area contributed by atoms with E-state index in [1.165, 1.54) is 7.11 Å². The van der Waals surface area contributed by atoms with Crippen molar-refractivity contribution in [3.05, 3.63) is 76.6 Å². The number of aryl methyl sites for hydroxylation is 1. The Bertz CT molecular complexity index is 1510. The molecular formula is C24H19ClN4O3. The first-order chi connectivity index (χ1) is 15.5. The topological polar surface area (TPSA) is 95.7 Å². The van der Waals surface area contributed by atoms with Crippen molar-refractivity contribution >= 4 is 39.6 Å². The fourth-order valence-electron chi connectivity index (χ4n) is 3.47. The maximum absolute atomic E-state index is 9.94. The van der Waals surface area contributed by atoms with Gasteiger partial charge in [-0.1, -0.05) is 23.7 Å². The second kappa shape index (κ2) is 7.94. The number of phenolic OH excluding ortho intramolecular Hbond substituents is 1. The molecule has 3 aromatic carbocycles. The monoisotopic (exact) mass is 446 g/mol. The summed E-state index contributed by atoms with van der Waals surface area (Å²) in [6, 6.07) is 18.3. The standard InChI is InChI=1S/C24H19ClN4O3/c1-13-9-22-15(11-16(13)25)19(28-29-24-26-17-5-3-4-6-18(17)27-24)12-21(32-22)14-7-8-20(30)23(10-14)31-2/h3-12,30H,1-2H3,(H2,26,27,29). The van der Waals surface area contributed by atoms with E-state index in [0.29, 0.717) is 33.4 Å². The van der Waals surface area contributed by atoms with Crippen molar-refractivity contribution in [3.8, 4) is 22.8 Å². The Kier molecular flexibility index (Phi) is 4.95. The van der Waals surface area contributed by atoms with Crippen LogP contribution < -0.4 is 15.5 Å². The van der Waals surface area contributed by atoms with E-state index in [0.717, 1.165) is 27.5 Å². The quantitative estimate of drug-likeness (QED) is 0.313. The van der Waals surface area contributed by atoms with Crippen LogP contribution in [0, 0.1) is 6.92 Å². The maximum Gasteiger partial charge on any atom is 0.222 e. The van der Waals surface area contributed by atoms with Gasteiger partial charge in [0.2, 0.25) is 5.95 Å². The van der Waals surface area contributed by atoms with E-state index in [4.69, 9.17) is 20.8 Å². The molecule has 7 nitrogen and oxygen atoms in total. The molecule has 0 bridgehead atoms. The number of imidazole rings is 1. The summed E-state index contributed by atoms with van der Waals surface area (Å²) in [6.45, 7) is 1.91. The molecule has 0 aliphatic rings. The molecule has 0 aliphatic heterocycles. The Balaban J connectivity index is 1.67. The van der Waals surface area contributed by atoms with Gasteiger partial charge in [-0.25, -0.2) is 10.4 Å². The maximum atomic E-state index is 9.94. The van der Waals surface area contributed by atoms with E-state index in [9.17, 15) is 5.11 Å². The first kappa shape index (κ1) is 20.0. The molecule has 160 valence electrons. The van der Waals surface area contributed by atoms with Crippen molar-refractivity contribution in [3.63, 3.8) is 0 Å². The van der Waals surface area contributed by atoms with Gasteiger partial charge >= 0.3 is 0 Å². The number of aromatic amines is 1. The largest absolute Gasteiger partial charge is 0.504 e. The molecule has 0 spiro atoms. The predicted molar refractivity (Wildman–Crippen MR) is 125 cm³/mol. The van der Waals surface area contributed by atoms with Crippen LogP contribution in [-0.4, -0.2) is 22.2 Å². The number of hydrogen-bond donors (Lipinski definition) is 3. The number of methoxy groups -OCH3 is 1. The number of aromatic hydroxyl groups is 1. The van der Waals surface area contributed by atoms with E-state index in [2.05, 4.69) is 20.5 Å². The van der Waals surface area contributed by atoms with Crippen molar-refractivity contribution in [2.75, 3.05) is 12.5 Å². The van der Waals surface area contributed by atoms with Crippen LogP contribution in [0.3, 0.4) is 0 Å². The molecule has 8 heteroatoms. The Labute approximate surface area is 187 Å². The SMILES string of the molecule is COc1cc(-c2cc(=NNc3nc4ccccc4[nH]3)c3cc(Cl)c(C)cc3o2)ccc1O. The minimum absolute atomic E-state index is 0.0520. The third-order valence-corrected chi connectivity index (χ3v) is 5.57. The molecular weight excluding hydrogens is 428 g/mol. The second-order valence-electron chi connectivity index (χ2n) is 7.31. The van der Waals surface area contributed by atoms with Crippen LogP contribution in [0.5, 0.6) is 11.5 Å². The lowest BCUT2D eigenvalue weighted by Gasteiger charge is -2.09. The number of halogens is 1. The lowest BCUT2D eigenvalue weighted by atomic mass is 10.1. The van der Waals surface area contributed by atoms with Crippen molar-refractivity contribution in [2.45, 2.75) is 6.92 Å². The second-order valence-corrected chi connectivity index (χ2v) is 7.71. The van der Waals surface area contributed by atoms with E-state index in [1.807, 2.05) is 43.3 Å². The molecule has 32 heavy (non-hydrogen) atoms. The number of fused-ring (bicyclic) bond motifs is 2. The first-order valence-corrected chi connectivity index (χ1v) is 10.3. The predicted octanol–water partition coefficient (Wildman–Crippen LogP) is 5.58. The number of phenols is 1. The highest BCUT2D eigenvalue weighted by atomic mass is 35.5. The molecule has 3 N–H and O–H groups in total. The number of nitrogens with zero attached hydrogens (tertiary/aromatic N) is 2. The van der Waals surface area contributed by atoms with Crippen LogP contribution in [-0.2, 0) is 0 Å². The lowest BCUT2D eigenvalue weighted by molar-refractivity contribution is 0.373. The molecule has 2 heterocycles. The zero-order valence-corrected chi connectivity index (χ0v) is 18.1. The Hall–Kier alpha value is -3.97. The molecule has 0 saturated heterocycles. The molecule has 0 aliphatic carbocycles. The number of hydrogen-bond acceptors (Lipinski definition) is 6. The van der Waals surface area contributed by atoms with Gasteiger partial charge in [0.05, 0.1) is 23.5 Å². The zero-order chi connectivity index (χ0) is 22.2. The van der Waals surface area contributed by atoms with Crippen LogP contribution in [0.2, 0.25) is 5.02 Å². The number of H-pyrrole nitrogens is 1. The van der Waals surface area contributed by atoms with E-state index in [1.54, 1.807) is 24.3 Å². The highest BCUT2D eigenvalue weighted by Crippen LogP contribution is 2.32.